The number of fused-ring (bicyclic) bond motifs is 10. The molecule has 0 bridgehead atoms. The lowest BCUT2D eigenvalue weighted by Crippen LogP contribution is -2.03. The van der Waals surface area contributed by atoms with Crippen LogP contribution in [0.25, 0.3) is 88.5 Å². The Balaban J connectivity index is 0.00000190. The van der Waals surface area contributed by atoms with Gasteiger partial charge in [-0.2, -0.15) is 0 Å². The van der Waals surface area contributed by atoms with Gasteiger partial charge in [0.25, 0.3) is 0 Å². The highest BCUT2D eigenvalue weighted by Crippen LogP contribution is 2.50. The maximum atomic E-state index is 6.52. The minimum absolute atomic E-state index is 0.608. The summed E-state index contributed by atoms with van der Waals surface area (Å²) in [5.74, 6) is 3.35. The van der Waals surface area contributed by atoms with E-state index in [1.165, 1.54) is 5.56 Å². The molecular formula is C52H36N4O2. The molecule has 0 N–H and O–H groups in total. The van der Waals surface area contributed by atoms with Crippen molar-refractivity contribution in [3.8, 4) is 57.0 Å². The lowest BCUT2D eigenvalue weighted by Gasteiger charge is -2.20. The fraction of sp³-hybridized carbons (Fsp3) is 0.0385. The van der Waals surface area contributed by atoms with Gasteiger partial charge in [0, 0.05) is 44.2 Å². The Morgan fingerprint density at radius 3 is 1.76 bits per heavy atom. The highest BCUT2D eigenvalue weighted by Gasteiger charge is 2.26. The fourth-order valence-corrected chi connectivity index (χ4v) is 8.48. The number of aromatic nitrogens is 4. The van der Waals surface area contributed by atoms with Crippen LogP contribution in [0, 0.1) is 0 Å². The number of ether oxygens (including phenoxy) is 2. The topological polar surface area (TPSA) is 54.1 Å². The monoisotopic (exact) mass is 748 g/mol. The largest absolute Gasteiger partial charge is 0.449 e. The number of para-hydroxylation sites is 5. The van der Waals surface area contributed by atoms with Gasteiger partial charge < -0.3 is 14.0 Å². The van der Waals surface area contributed by atoms with Crippen molar-refractivity contribution >= 4 is 54.5 Å². The first-order chi connectivity index (χ1) is 28.8. The number of rotatable bonds is 4. The van der Waals surface area contributed by atoms with Crippen molar-refractivity contribution in [3.05, 3.63) is 182 Å². The molecule has 0 saturated carbocycles. The smallest absolute Gasteiger partial charge is 0.235 e. The second-order valence-electron chi connectivity index (χ2n) is 14.2. The maximum absolute atomic E-state index is 6.52. The van der Waals surface area contributed by atoms with E-state index in [4.69, 9.17) is 19.4 Å². The Hall–Kier alpha value is -7.70. The normalized spacial score (nSPS) is 11.9. The molecule has 0 amide bonds. The van der Waals surface area contributed by atoms with Crippen LogP contribution in [0.5, 0.6) is 23.0 Å². The number of nitrogens with zero attached hydrogens (tertiary/aromatic N) is 4. The molecule has 276 valence electrons. The standard InChI is InChI=1S/C50H30N4O2.C2H6/c1-3-13-31(14-4-1)32-23-25-33(26-24-32)48-37-18-7-9-19-39(37)51-50(52-48)54-40-20-10-8-17-35(40)36-27-28-41-47(49(36)54)38-29-45-46(56-44-22-12-11-21-43(44)55-45)30-42(38)53(41)34-15-5-2-6-16-34;1-2/h1-30H;1-2H3. The predicted octanol–water partition coefficient (Wildman–Crippen LogP) is 14.1. The molecule has 6 heteroatoms. The van der Waals surface area contributed by atoms with Gasteiger partial charge in [-0.25, -0.2) is 9.97 Å². The van der Waals surface area contributed by atoms with Gasteiger partial charge in [-0.05, 0) is 59.7 Å². The molecule has 8 aromatic carbocycles. The molecule has 4 heterocycles. The van der Waals surface area contributed by atoms with Crippen LogP contribution in [0.2, 0.25) is 0 Å². The molecule has 0 saturated heterocycles. The molecule has 12 rings (SSSR count). The van der Waals surface area contributed by atoms with Gasteiger partial charge in [0.05, 0.1) is 33.3 Å². The molecule has 6 nitrogen and oxygen atoms in total. The minimum Gasteiger partial charge on any atom is -0.449 e. The second kappa shape index (κ2) is 13.5. The predicted molar refractivity (Wildman–Crippen MR) is 237 cm³/mol. The maximum Gasteiger partial charge on any atom is 0.235 e. The summed E-state index contributed by atoms with van der Waals surface area (Å²) in [6, 6.07) is 63.0. The second-order valence-corrected chi connectivity index (χ2v) is 14.2. The lowest BCUT2D eigenvalue weighted by molar-refractivity contribution is 0.360. The molecule has 1 aliphatic rings. The summed E-state index contributed by atoms with van der Waals surface area (Å²) in [7, 11) is 0. The van der Waals surface area contributed by atoms with Crippen LogP contribution in [-0.4, -0.2) is 19.1 Å². The average Bonchev–Trinajstić information content (AvgIpc) is 3.80. The van der Waals surface area contributed by atoms with Crippen molar-refractivity contribution in [2.75, 3.05) is 0 Å². The number of hydrogen-bond acceptors (Lipinski definition) is 4. The molecule has 0 fully saturated rings. The van der Waals surface area contributed by atoms with E-state index in [0.717, 1.165) is 77.0 Å². The number of benzene rings is 8. The van der Waals surface area contributed by atoms with Crippen molar-refractivity contribution in [1.82, 2.24) is 19.1 Å². The zero-order valence-corrected chi connectivity index (χ0v) is 31.9. The summed E-state index contributed by atoms with van der Waals surface area (Å²) in [4.78, 5) is 10.8. The van der Waals surface area contributed by atoms with Crippen LogP contribution in [0.15, 0.2) is 182 Å². The molecule has 3 aromatic heterocycles. The fourth-order valence-electron chi connectivity index (χ4n) is 8.48. The van der Waals surface area contributed by atoms with Gasteiger partial charge in [0.15, 0.2) is 23.0 Å². The molecule has 1 aliphatic heterocycles. The SMILES string of the molecule is CC.c1ccc(-c2ccc(-c3nc(-n4c5ccccc5c5ccc6c(c7cc8c(cc7n6-c6ccccc6)Oc6ccccc6O8)c54)nc4ccccc34)cc2)cc1. The molecule has 0 spiro atoms. The van der Waals surface area contributed by atoms with Crippen molar-refractivity contribution in [3.63, 3.8) is 0 Å². The Bertz CT molecular complexity index is 3350. The third-order valence-electron chi connectivity index (χ3n) is 11.0. The van der Waals surface area contributed by atoms with E-state index < -0.39 is 0 Å². The van der Waals surface area contributed by atoms with Crippen LogP contribution < -0.4 is 9.47 Å². The van der Waals surface area contributed by atoms with Gasteiger partial charge in [-0.15, -0.1) is 0 Å². The molecule has 0 aliphatic carbocycles. The van der Waals surface area contributed by atoms with Crippen molar-refractivity contribution < 1.29 is 9.47 Å². The molecule has 0 radical (unpaired) electrons. The van der Waals surface area contributed by atoms with Crippen LogP contribution >= 0.6 is 0 Å². The summed E-state index contributed by atoms with van der Waals surface area (Å²) in [5, 5.41) is 5.36. The van der Waals surface area contributed by atoms with E-state index in [1.807, 2.05) is 56.3 Å². The highest BCUT2D eigenvalue weighted by molar-refractivity contribution is 6.26. The molecule has 58 heavy (non-hydrogen) atoms. The Morgan fingerprint density at radius 2 is 1.00 bits per heavy atom. The van der Waals surface area contributed by atoms with Gasteiger partial charge in [-0.1, -0.05) is 141 Å². The van der Waals surface area contributed by atoms with Crippen molar-refractivity contribution in [2.45, 2.75) is 13.8 Å². The first-order valence-corrected chi connectivity index (χ1v) is 19.7. The highest BCUT2D eigenvalue weighted by atomic mass is 16.6. The van der Waals surface area contributed by atoms with Crippen molar-refractivity contribution in [2.24, 2.45) is 0 Å². The van der Waals surface area contributed by atoms with E-state index in [0.29, 0.717) is 28.9 Å². The van der Waals surface area contributed by atoms with Crippen LogP contribution in [0.1, 0.15) is 13.8 Å². The van der Waals surface area contributed by atoms with Gasteiger partial charge in [0.1, 0.15) is 0 Å². The summed E-state index contributed by atoms with van der Waals surface area (Å²) in [6.07, 6.45) is 0. The van der Waals surface area contributed by atoms with Crippen LogP contribution in [-0.2, 0) is 0 Å². The third kappa shape index (κ3) is 5.19. The Kier molecular flexibility index (Phi) is 7.83. The molecule has 0 unspecified atom stereocenters. The van der Waals surface area contributed by atoms with E-state index in [-0.39, 0.29) is 0 Å². The summed E-state index contributed by atoms with van der Waals surface area (Å²) >= 11 is 0. The first kappa shape index (κ1) is 33.6. The van der Waals surface area contributed by atoms with Gasteiger partial charge >= 0.3 is 0 Å². The van der Waals surface area contributed by atoms with E-state index in [9.17, 15) is 0 Å². The summed E-state index contributed by atoms with van der Waals surface area (Å²) in [6.45, 7) is 4.00. The van der Waals surface area contributed by atoms with Crippen LogP contribution in [0.4, 0.5) is 0 Å². The first-order valence-electron chi connectivity index (χ1n) is 19.7. The Morgan fingerprint density at radius 1 is 0.397 bits per heavy atom. The van der Waals surface area contributed by atoms with Crippen LogP contribution in [0.3, 0.4) is 0 Å². The zero-order valence-electron chi connectivity index (χ0n) is 31.9. The van der Waals surface area contributed by atoms with E-state index in [2.05, 4.69) is 149 Å². The Labute approximate surface area is 334 Å². The van der Waals surface area contributed by atoms with E-state index >= 15 is 0 Å². The van der Waals surface area contributed by atoms with E-state index in [1.54, 1.807) is 0 Å². The number of hydrogen-bond donors (Lipinski definition) is 0. The third-order valence-corrected chi connectivity index (χ3v) is 11.0. The van der Waals surface area contributed by atoms with Gasteiger partial charge in [0.2, 0.25) is 5.95 Å². The van der Waals surface area contributed by atoms with Gasteiger partial charge in [-0.3, -0.25) is 4.57 Å². The minimum atomic E-state index is 0.608. The summed E-state index contributed by atoms with van der Waals surface area (Å²) < 4.78 is 17.6. The molecular weight excluding hydrogens is 713 g/mol. The van der Waals surface area contributed by atoms with Crippen molar-refractivity contribution in [1.29, 1.82) is 0 Å². The summed E-state index contributed by atoms with van der Waals surface area (Å²) in [5.41, 5.74) is 10.3. The zero-order chi connectivity index (χ0) is 38.7. The molecule has 0 atom stereocenters. The molecule has 11 aromatic rings. The quantitative estimate of drug-likeness (QED) is 0.180. The lowest BCUT2D eigenvalue weighted by atomic mass is 10.0. The average molecular weight is 749 g/mol.